The Morgan fingerprint density at radius 3 is 2.58 bits per heavy atom. The summed E-state index contributed by atoms with van der Waals surface area (Å²) in [5.41, 5.74) is 0.577. The van der Waals surface area contributed by atoms with Crippen molar-refractivity contribution in [3.8, 4) is 0 Å². The molecule has 2 amide bonds. The summed E-state index contributed by atoms with van der Waals surface area (Å²) in [7, 11) is 0. The number of nitrogens with one attached hydrogen (secondary N) is 3. The molecule has 3 unspecified atom stereocenters. The molecule has 0 aliphatic carbocycles. The zero-order valence-corrected chi connectivity index (χ0v) is 15.2. The minimum absolute atomic E-state index is 0. The number of hydrogen-bond donors (Lipinski definition) is 3. The molecule has 1 aromatic rings. The van der Waals surface area contributed by atoms with Crippen molar-refractivity contribution in [1.82, 2.24) is 16.0 Å². The van der Waals surface area contributed by atoms with Crippen LogP contribution in [-0.4, -0.2) is 37.0 Å². The number of benzene rings is 1. The van der Waals surface area contributed by atoms with Gasteiger partial charge in [-0.1, -0.05) is 38.5 Å². The first kappa shape index (κ1) is 20.5. The van der Waals surface area contributed by atoms with Crippen LogP contribution in [-0.2, 0) is 4.79 Å². The maximum Gasteiger partial charge on any atom is 0.251 e. The second kappa shape index (κ2) is 10.3. The third-order valence-corrected chi connectivity index (χ3v) is 4.46. The van der Waals surface area contributed by atoms with Crippen LogP contribution < -0.4 is 16.0 Å². The number of amides is 2. The smallest absolute Gasteiger partial charge is 0.251 e. The molecule has 134 valence electrons. The first-order valence-corrected chi connectivity index (χ1v) is 8.48. The Labute approximate surface area is 150 Å². The van der Waals surface area contributed by atoms with Crippen LogP contribution in [0.5, 0.6) is 0 Å². The van der Waals surface area contributed by atoms with Crippen molar-refractivity contribution in [1.29, 1.82) is 0 Å². The Hall–Kier alpha value is -1.59. The summed E-state index contributed by atoms with van der Waals surface area (Å²) in [5.74, 6) is -0.204. The topological polar surface area (TPSA) is 70.2 Å². The van der Waals surface area contributed by atoms with E-state index in [2.05, 4.69) is 16.0 Å². The Morgan fingerprint density at radius 2 is 2.00 bits per heavy atom. The number of carbonyl (C=O) groups is 2. The van der Waals surface area contributed by atoms with Crippen molar-refractivity contribution in [3.05, 3.63) is 35.9 Å². The van der Waals surface area contributed by atoms with Gasteiger partial charge in [-0.15, -0.1) is 12.4 Å². The highest BCUT2D eigenvalue weighted by molar-refractivity contribution is 5.97. The van der Waals surface area contributed by atoms with E-state index in [1.165, 1.54) is 0 Å². The van der Waals surface area contributed by atoms with Crippen LogP contribution in [0.3, 0.4) is 0 Å². The van der Waals surface area contributed by atoms with Crippen LogP contribution in [0, 0.1) is 5.92 Å². The highest BCUT2D eigenvalue weighted by Gasteiger charge is 2.28. The van der Waals surface area contributed by atoms with Gasteiger partial charge in [0.1, 0.15) is 6.04 Å². The van der Waals surface area contributed by atoms with Crippen LogP contribution in [0.4, 0.5) is 0 Å². The largest absolute Gasteiger partial charge is 0.350 e. The molecule has 0 saturated carbocycles. The SMILES string of the molecule is CCC(C)C(NC(=O)c1ccccc1)C(=O)NC1CCCNC1.Cl. The standard InChI is InChI=1S/C18H27N3O2.ClH/c1-3-13(2)16(18(23)20-15-10-7-11-19-12-15)21-17(22)14-8-5-4-6-9-14;/h4-6,8-9,13,15-16,19H,3,7,10-12H2,1-2H3,(H,20,23)(H,21,22);1H. The molecule has 1 fully saturated rings. The van der Waals surface area contributed by atoms with E-state index in [1.54, 1.807) is 12.1 Å². The van der Waals surface area contributed by atoms with Gasteiger partial charge in [-0.05, 0) is 37.4 Å². The highest BCUT2D eigenvalue weighted by atomic mass is 35.5. The molecule has 1 aliphatic heterocycles. The van der Waals surface area contributed by atoms with E-state index < -0.39 is 6.04 Å². The third-order valence-electron chi connectivity index (χ3n) is 4.46. The lowest BCUT2D eigenvalue weighted by atomic mass is 9.97. The fourth-order valence-corrected chi connectivity index (χ4v) is 2.78. The van der Waals surface area contributed by atoms with Crippen LogP contribution in [0.15, 0.2) is 30.3 Å². The van der Waals surface area contributed by atoms with E-state index in [0.717, 1.165) is 32.4 Å². The lowest BCUT2D eigenvalue weighted by Gasteiger charge is -2.29. The van der Waals surface area contributed by atoms with Crippen molar-refractivity contribution >= 4 is 24.2 Å². The van der Waals surface area contributed by atoms with Gasteiger partial charge in [0.25, 0.3) is 5.91 Å². The second-order valence-electron chi connectivity index (χ2n) is 6.25. The number of rotatable bonds is 6. The molecule has 2 rings (SSSR count). The molecule has 3 atom stereocenters. The minimum Gasteiger partial charge on any atom is -0.350 e. The number of carbonyl (C=O) groups excluding carboxylic acids is 2. The van der Waals surface area contributed by atoms with Gasteiger partial charge in [-0.25, -0.2) is 0 Å². The highest BCUT2D eigenvalue weighted by Crippen LogP contribution is 2.11. The molecule has 1 aliphatic rings. The maximum absolute atomic E-state index is 12.6. The first-order valence-electron chi connectivity index (χ1n) is 8.48. The van der Waals surface area contributed by atoms with Gasteiger partial charge >= 0.3 is 0 Å². The molecule has 0 spiro atoms. The molecule has 0 radical (unpaired) electrons. The second-order valence-corrected chi connectivity index (χ2v) is 6.25. The average molecular weight is 354 g/mol. The fraction of sp³-hybridized carbons (Fsp3) is 0.556. The Bertz CT molecular complexity index is 518. The lowest BCUT2D eigenvalue weighted by Crippen LogP contribution is -2.55. The normalized spacial score (nSPS) is 19.5. The molecule has 3 N–H and O–H groups in total. The quantitative estimate of drug-likeness (QED) is 0.733. The van der Waals surface area contributed by atoms with Gasteiger partial charge in [-0.2, -0.15) is 0 Å². The molecule has 0 bridgehead atoms. The molecule has 1 aromatic carbocycles. The molecular weight excluding hydrogens is 326 g/mol. The summed E-state index contributed by atoms with van der Waals surface area (Å²) in [6.07, 6.45) is 2.88. The lowest BCUT2D eigenvalue weighted by molar-refractivity contribution is -0.125. The van der Waals surface area contributed by atoms with Gasteiger partial charge < -0.3 is 16.0 Å². The molecule has 6 heteroatoms. The zero-order valence-electron chi connectivity index (χ0n) is 14.4. The van der Waals surface area contributed by atoms with Gasteiger partial charge in [0.2, 0.25) is 5.91 Å². The van der Waals surface area contributed by atoms with E-state index in [-0.39, 0.29) is 36.2 Å². The summed E-state index contributed by atoms with van der Waals surface area (Å²) < 4.78 is 0. The van der Waals surface area contributed by atoms with Crippen LogP contribution in [0.1, 0.15) is 43.5 Å². The van der Waals surface area contributed by atoms with E-state index >= 15 is 0 Å². The van der Waals surface area contributed by atoms with E-state index in [0.29, 0.717) is 5.56 Å². The fourth-order valence-electron chi connectivity index (χ4n) is 2.78. The summed E-state index contributed by atoms with van der Waals surface area (Å²) in [5, 5.41) is 9.26. The van der Waals surface area contributed by atoms with E-state index in [9.17, 15) is 9.59 Å². The van der Waals surface area contributed by atoms with Crippen molar-refractivity contribution in [2.45, 2.75) is 45.2 Å². The Morgan fingerprint density at radius 1 is 1.29 bits per heavy atom. The summed E-state index contributed by atoms with van der Waals surface area (Å²) in [6.45, 7) is 5.83. The summed E-state index contributed by atoms with van der Waals surface area (Å²) in [4.78, 5) is 25.0. The molecule has 5 nitrogen and oxygen atoms in total. The van der Waals surface area contributed by atoms with Gasteiger partial charge in [-0.3, -0.25) is 9.59 Å². The van der Waals surface area contributed by atoms with E-state index in [1.807, 2.05) is 32.0 Å². The molecule has 24 heavy (non-hydrogen) atoms. The van der Waals surface area contributed by atoms with Crippen LogP contribution in [0.2, 0.25) is 0 Å². The number of halogens is 1. The minimum atomic E-state index is -0.505. The van der Waals surface area contributed by atoms with Gasteiger partial charge in [0.15, 0.2) is 0 Å². The Kier molecular flexibility index (Phi) is 8.79. The average Bonchev–Trinajstić information content (AvgIpc) is 2.60. The zero-order chi connectivity index (χ0) is 16.7. The maximum atomic E-state index is 12.6. The number of piperidine rings is 1. The molecular formula is C18H28ClN3O2. The Balaban J connectivity index is 0.00000288. The molecule has 1 saturated heterocycles. The van der Waals surface area contributed by atoms with Crippen molar-refractivity contribution in [2.24, 2.45) is 5.92 Å². The summed E-state index contributed by atoms with van der Waals surface area (Å²) >= 11 is 0. The predicted molar refractivity (Wildman–Crippen MR) is 98.4 cm³/mol. The molecule has 0 aromatic heterocycles. The number of hydrogen-bond acceptors (Lipinski definition) is 3. The van der Waals surface area contributed by atoms with Crippen molar-refractivity contribution in [3.63, 3.8) is 0 Å². The monoisotopic (exact) mass is 353 g/mol. The van der Waals surface area contributed by atoms with Gasteiger partial charge in [0.05, 0.1) is 0 Å². The third kappa shape index (κ3) is 5.80. The van der Waals surface area contributed by atoms with E-state index in [4.69, 9.17) is 0 Å². The van der Waals surface area contributed by atoms with Gasteiger partial charge in [0, 0.05) is 18.2 Å². The van der Waals surface area contributed by atoms with Crippen LogP contribution in [0.25, 0.3) is 0 Å². The van der Waals surface area contributed by atoms with Crippen molar-refractivity contribution < 1.29 is 9.59 Å². The molecule has 1 heterocycles. The van der Waals surface area contributed by atoms with Crippen LogP contribution >= 0.6 is 12.4 Å². The summed E-state index contributed by atoms with van der Waals surface area (Å²) in [6, 6.07) is 8.66. The first-order chi connectivity index (χ1) is 11.1. The van der Waals surface area contributed by atoms with Crippen molar-refractivity contribution in [2.75, 3.05) is 13.1 Å². The predicted octanol–water partition coefficient (Wildman–Crippen LogP) is 2.12.